The molecule has 2 aromatic rings. The van der Waals surface area contributed by atoms with Crippen molar-refractivity contribution < 1.29 is 4.74 Å². The Balaban J connectivity index is 1.49. The molecule has 2 fully saturated rings. The standard InChI is InChI=1S/C15H19N3OS2/c1-3-12(19-7-1)10-21-15-17-16-14(18(15)11-5-6-11)9-13-4-2-8-20-13/h2,4,8,11-12H,1,3,5-7,9-10H2. The van der Waals surface area contributed by atoms with E-state index >= 15 is 0 Å². The minimum absolute atomic E-state index is 0.403. The average molecular weight is 321 g/mol. The smallest absolute Gasteiger partial charge is 0.191 e. The van der Waals surface area contributed by atoms with Gasteiger partial charge in [0.05, 0.1) is 6.10 Å². The first-order chi connectivity index (χ1) is 10.4. The molecular weight excluding hydrogens is 302 g/mol. The lowest BCUT2D eigenvalue weighted by Crippen LogP contribution is -2.09. The fourth-order valence-electron chi connectivity index (χ4n) is 2.74. The number of thiophene rings is 1. The van der Waals surface area contributed by atoms with Crippen molar-refractivity contribution in [1.29, 1.82) is 0 Å². The molecule has 0 bridgehead atoms. The maximum atomic E-state index is 5.71. The highest BCUT2D eigenvalue weighted by Crippen LogP contribution is 2.39. The molecule has 0 aromatic carbocycles. The maximum Gasteiger partial charge on any atom is 0.191 e. The van der Waals surface area contributed by atoms with Gasteiger partial charge in [-0.15, -0.1) is 21.5 Å². The van der Waals surface area contributed by atoms with E-state index in [-0.39, 0.29) is 0 Å². The van der Waals surface area contributed by atoms with Crippen LogP contribution in [-0.2, 0) is 11.2 Å². The normalized spacial score (nSPS) is 22.0. The zero-order chi connectivity index (χ0) is 14.1. The van der Waals surface area contributed by atoms with E-state index in [1.165, 1.54) is 30.6 Å². The summed E-state index contributed by atoms with van der Waals surface area (Å²) in [5, 5.41) is 12.1. The topological polar surface area (TPSA) is 39.9 Å². The summed E-state index contributed by atoms with van der Waals surface area (Å²) in [7, 11) is 0. The van der Waals surface area contributed by atoms with Gasteiger partial charge >= 0.3 is 0 Å². The molecule has 112 valence electrons. The molecule has 4 rings (SSSR count). The second-order valence-electron chi connectivity index (χ2n) is 5.70. The van der Waals surface area contributed by atoms with E-state index in [2.05, 4.69) is 32.3 Å². The lowest BCUT2D eigenvalue weighted by molar-refractivity contribution is 0.129. The molecule has 0 radical (unpaired) electrons. The predicted octanol–water partition coefficient (Wildman–Crippen LogP) is 3.54. The van der Waals surface area contributed by atoms with Crippen LogP contribution in [0.4, 0.5) is 0 Å². The fraction of sp³-hybridized carbons (Fsp3) is 0.600. The minimum Gasteiger partial charge on any atom is -0.377 e. The number of ether oxygens (including phenoxy) is 1. The van der Waals surface area contributed by atoms with E-state index in [9.17, 15) is 0 Å². The van der Waals surface area contributed by atoms with Gasteiger partial charge in [-0.25, -0.2) is 0 Å². The zero-order valence-corrected chi connectivity index (χ0v) is 13.5. The Bertz CT molecular complexity index is 586. The van der Waals surface area contributed by atoms with Gasteiger partial charge in [0.1, 0.15) is 5.82 Å². The van der Waals surface area contributed by atoms with Crippen LogP contribution in [0.2, 0.25) is 0 Å². The molecule has 3 heterocycles. The summed E-state index contributed by atoms with van der Waals surface area (Å²) in [6.45, 7) is 0.921. The van der Waals surface area contributed by atoms with Gasteiger partial charge < -0.3 is 9.30 Å². The van der Waals surface area contributed by atoms with Gasteiger partial charge in [0.25, 0.3) is 0 Å². The summed E-state index contributed by atoms with van der Waals surface area (Å²) in [6, 6.07) is 4.91. The molecule has 4 nitrogen and oxygen atoms in total. The van der Waals surface area contributed by atoms with Gasteiger partial charge in [0, 0.05) is 29.7 Å². The first-order valence-electron chi connectivity index (χ1n) is 7.61. The predicted molar refractivity (Wildman–Crippen MR) is 85.1 cm³/mol. The monoisotopic (exact) mass is 321 g/mol. The summed E-state index contributed by atoms with van der Waals surface area (Å²) in [6.07, 6.45) is 6.23. The number of hydrogen-bond acceptors (Lipinski definition) is 5. The summed E-state index contributed by atoms with van der Waals surface area (Å²) in [5.74, 6) is 2.12. The zero-order valence-electron chi connectivity index (χ0n) is 11.9. The van der Waals surface area contributed by atoms with E-state index in [0.29, 0.717) is 12.1 Å². The van der Waals surface area contributed by atoms with E-state index in [1.54, 1.807) is 11.3 Å². The van der Waals surface area contributed by atoms with E-state index in [1.807, 2.05) is 11.8 Å². The number of nitrogens with zero attached hydrogens (tertiary/aromatic N) is 3. The van der Waals surface area contributed by atoms with E-state index in [4.69, 9.17) is 4.74 Å². The van der Waals surface area contributed by atoms with Crippen LogP contribution in [0.3, 0.4) is 0 Å². The molecule has 0 N–H and O–H groups in total. The third-order valence-corrected chi connectivity index (χ3v) is 5.93. The molecule has 1 unspecified atom stereocenters. The Hall–Kier alpha value is -0.850. The molecule has 0 spiro atoms. The molecule has 0 amide bonds. The average Bonchev–Trinajstić information content (AvgIpc) is 2.95. The molecule has 1 saturated heterocycles. The molecule has 2 aliphatic rings. The molecule has 2 aromatic heterocycles. The molecule has 1 aliphatic carbocycles. The number of aromatic nitrogens is 3. The van der Waals surface area contributed by atoms with Crippen LogP contribution in [-0.4, -0.2) is 33.2 Å². The second kappa shape index (κ2) is 6.10. The van der Waals surface area contributed by atoms with Crippen LogP contribution < -0.4 is 0 Å². The molecular formula is C15H19N3OS2. The lowest BCUT2D eigenvalue weighted by atomic mass is 10.3. The fourth-order valence-corrected chi connectivity index (χ4v) is 4.53. The Morgan fingerprint density at radius 2 is 2.29 bits per heavy atom. The number of thioether (sulfide) groups is 1. The van der Waals surface area contributed by atoms with Crippen LogP contribution in [0.1, 0.15) is 42.4 Å². The van der Waals surface area contributed by atoms with Crippen LogP contribution in [0.25, 0.3) is 0 Å². The van der Waals surface area contributed by atoms with Gasteiger partial charge in [0.2, 0.25) is 0 Å². The molecule has 1 saturated carbocycles. The number of hydrogen-bond donors (Lipinski definition) is 0. The molecule has 21 heavy (non-hydrogen) atoms. The molecule has 6 heteroatoms. The second-order valence-corrected chi connectivity index (χ2v) is 7.72. The third-order valence-electron chi connectivity index (χ3n) is 3.98. The van der Waals surface area contributed by atoms with Gasteiger partial charge in [-0.2, -0.15) is 0 Å². The van der Waals surface area contributed by atoms with Crippen molar-refractivity contribution in [2.75, 3.05) is 12.4 Å². The summed E-state index contributed by atoms with van der Waals surface area (Å²) in [4.78, 5) is 1.36. The first kappa shape index (κ1) is 13.8. The Kier molecular flexibility index (Phi) is 4.01. The minimum atomic E-state index is 0.403. The van der Waals surface area contributed by atoms with Gasteiger partial charge in [0.15, 0.2) is 5.16 Å². The van der Waals surface area contributed by atoms with Crippen molar-refractivity contribution in [1.82, 2.24) is 14.8 Å². The van der Waals surface area contributed by atoms with Crippen molar-refractivity contribution in [2.24, 2.45) is 0 Å². The maximum absolute atomic E-state index is 5.71. The van der Waals surface area contributed by atoms with Crippen LogP contribution in [0.5, 0.6) is 0 Å². The third kappa shape index (κ3) is 3.17. The van der Waals surface area contributed by atoms with Gasteiger partial charge in [-0.1, -0.05) is 17.8 Å². The van der Waals surface area contributed by atoms with Crippen molar-refractivity contribution in [3.05, 3.63) is 28.2 Å². The Morgan fingerprint density at radius 3 is 3.00 bits per heavy atom. The SMILES string of the molecule is c1csc(Cc2nnc(SCC3CCCO3)n2C2CC2)c1. The van der Waals surface area contributed by atoms with Crippen molar-refractivity contribution >= 4 is 23.1 Å². The Morgan fingerprint density at radius 1 is 1.33 bits per heavy atom. The number of rotatable bonds is 6. The highest BCUT2D eigenvalue weighted by molar-refractivity contribution is 7.99. The van der Waals surface area contributed by atoms with Crippen LogP contribution in [0.15, 0.2) is 22.7 Å². The van der Waals surface area contributed by atoms with Gasteiger partial charge in [-0.05, 0) is 37.1 Å². The van der Waals surface area contributed by atoms with Gasteiger partial charge in [-0.3, -0.25) is 0 Å². The first-order valence-corrected chi connectivity index (χ1v) is 9.47. The quantitative estimate of drug-likeness (QED) is 0.763. The van der Waals surface area contributed by atoms with E-state index in [0.717, 1.165) is 29.8 Å². The Labute approximate surface area is 132 Å². The summed E-state index contributed by atoms with van der Waals surface area (Å²) < 4.78 is 8.08. The molecule has 1 aliphatic heterocycles. The summed E-state index contributed by atoms with van der Waals surface area (Å²) in [5.41, 5.74) is 0. The van der Waals surface area contributed by atoms with Crippen molar-refractivity contribution in [3.63, 3.8) is 0 Å². The van der Waals surface area contributed by atoms with Crippen LogP contribution in [0, 0.1) is 0 Å². The van der Waals surface area contributed by atoms with E-state index < -0.39 is 0 Å². The molecule has 1 atom stereocenters. The highest BCUT2D eigenvalue weighted by atomic mass is 32.2. The van der Waals surface area contributed by atoms with Crippen LogP contribution >= 0.6 is 23.1 Å². The largest absolute Gasteiger partial charge is 0.377 e. The lowest BCUT2D eigenvalue weighted by Gasteiger charge is -2.10. The highest BCUT2D eigenvalue weighted by Gasteiger charge is 2.30. The van der Waals surface area contributed by atoms with Crippen molar-refractivity contribution in [3.8, 4) is 0 Å². The van der Waals surface area contributed by atoms with Crippen molar-refractivity contribution in [2.45, 2.75) is 49.4 Å². The summed E-state index contributed by atoms with van der Waals surface area (Å²) >= 11 is 3.61.